The summed E-state index contributed by atoms with van der Waals surface area (Å²) in [4.78, 5) is 11.4. The minimum atomic E-state index is -0.419. The van der Waals surface area contributed by atoms with Crippen LogP contribution < -0.4 is 5.73 Å². The van der Waals surface area contributed by atoms with Crippen molar-refractivity contribution in [3.8, 4) is 0 Å². The van der Waals surface area contributed by atoms with Gasteiger partial charge in [-0.1, -0.05) is 50.6 Å². The van der Waals surface area contributed by atoms with Gasteiger partial charge in [-0.3, -0.25) is 4.79 Å². The van der Waals surface area contributed by atoms with E-state index in [-0.39, 0.29) is 5.41 Å². The van der Waals surface area contributed by atoms with Crippen LogP contribution in [0.2, 0.25) is 5.02 Å². The normalized spacial score (nSPS) is 12.6. The van der Waals surface area contributed by atoms with E-state index >= 15 is 0 Å². The maximum atomic E-state index is 11.4. The number of hydrogen-bond acceptors (Lipinski definition) is 1. The highest BCUT2D eigenvalue weighted by Crippen LogP contribution is 2.24. The molecule has 1 aromatic carbocycles. The molecule has 0 aromatic heterocycles. The lowest BCUT2D eigenvalue weighted by atomic mass is 9.91. The van der Waals surface area contributed by atoms with Crippen LogP contribution in [0.4, 0.5) is 0 Å². The van der Waals surface area contributed by atoms with Gasteiger partial charge in [-0.25, -0.2) is 0 Å². The molecule has 2 nitrogen and oxygen atoms in total. The van der Waals surface area contributed by atoms with Crippen molar-refractivity contribution in [3.05, 3.63) is 40.9 Å². The van der Waals surface area contributed by atoms with E-state index in [4.69, 9.17) is 17.3 Å². The van der Waals surface area contributed by atoms with Crippen molar-refractivity contribution in [2.75, 3.05) is 0 Å². The predicted molar refractivity (Wildman–Crippen MR) is 68.1 cm³/mol. The van der Waals surface area contributed by atoms with Gasteiger partial charge >= 0.3 is 0 Å². The summed E-state index contributed by atoms with van der Waals surface area (Å²) in [7, 11) is 0. The average molecular weight is 238 g/mol. The summed E-state index contributed by atoms with van der Waals surface area (Å²) in [5.41, 5.74) is 6.61. The summed E-state index contributed by atoms with van der Waals surface area (Å²) in [6.07, 6.45) is 1.87. The third-order valence-electron chi connectivity index (χ3n) is 2.00. The molecule has 86 valence electrons. The van der Waals surface area contributed by atoms with Crippen LogP contribution >= 0.6 is 11.6 Å². The number of carbonyl (C=O) groups is 1. The van der Waals surface area contributed by atoms with Gasteiger partial charge in [0, 0.05) is 10.6 Å². The molecule has 0 aliphatic rings. The maximum absolute atomic E-state index is 11.4. The van der Waals surface area contributed by atoms with Crippen LogP contribution in [0, 0.1) is 5.41 Å². The van der Waals surface area contributed by atoms with Gasteiger partial charge in [0.15, 0.2) is 0 Å². The fourth-order valence-corrected chi connectivity index (χ4v) is 1.49. The molecule has 0 radical (unpaired) electrons. The number of benzene rings is 1. The highest BCUT2D eigenvalue weighted by molar-refractivity contribution is 6.30. The molecule has 0 aliphatic carbocycles. The minimum Gasteiger partial charge on any atom is -0.366 e. The Morgan fingerprint density at radius 2 is 1.75 bits per heavy atom. The van der Waals surface area contributed by atoms with Crippen LogP contribution in [0.3, 0.4) is 0 Å². The zero-order valence-corrected chi connectivity index (χ0v) is 10.5. The monoisotopic (exact) mass is 237 g/mol. The summed E-state index contributed by atoms with van der Waals surface area (Å²) in [6.45, 7) is 6.06. The molecular weight excluding hydrogens is 222 g/mol. The first-order chi connectivity index (χ1) is 7.29. The van der Waals surface area contributed by atoms with E-state index in [2.05, 4.69) is 0 Å². The lowest BCUT2D eigenvalue weighted by molar-refractivity contribution is -0.112. The SMILES string of the molecule is CC(C)(C)C=C(C(N)=O)c1ccc(Cl)cc1. The largest absolute Gasteiger partial charge is 0.366 e. The van der Waals surface area contributed by atoms with Crippen molar-refractivity contribution >= 4 is 23.1 Å². The number of carbonyl (C=O) groups excluding carboxylic acids is 1. The molecule has 0 unspecified atom stereocenters. The predicted octanol–water partition coefficient (Wildman–Crippen LogP) is 3.25. The lowest BCUT2D eigenvalue weighted by Crippen LogP contribution is -2.15. The number of amides is 1. The van der Waals surface area contributed by atoms with Crippen LogP contribution in [-0.2, 0) is 4.79 Å². The van der Waals surface area contributed by atoms with Gasteiger partial charge in [0.05, 0.1) is 0 Å². The topological polar surface area (TPSA) is 43.1 Å². The molecule has 16 heavy (non-hydrogen) atoms. The zero-order valence-electron chi connectivity index (χ0n) is 9.75. The van der Waals surface area contributed by atoms with E-state index in [0.717, 1.165) is 5.56 Å². The fourth-order valence-electron chi connectivity index (χ4n) is 1.36. The average Bonchev–Trinajstić information content (AvgIpc) is 2.14. The molecule has 1 amide bonds. The second kappa shape index (κ2) is 4.71. The van der Waals surface area contributed by atoms with Crippen molar-refractivity contribution in [2.45, 2.75) is 20.8 Å². The van der Waals surface area contributed by atoms with Crippen LogP contribution in [0.1, 0.15) is 26.3 Å². The molecule has 0 saturated carbocycles. The Hall–Kier alpha value is -1.28. The molecule has 2 N–H and O–H groups in total. The van der Waals surface area contributed by atoms with E-state index in [1.54, 1.807) is 24.3 Å². The number of allylic oxidation sites excluding steroid dienone is 1. The third-order valence-corrected chi connectivity index (χ3v) is 2.25. The van der Waals surface area contributed by atoms with Gasteiger partial charge in [0.2, 0.25) is 5.91 Å². The summed E-state index contributed by atoms with van der Waals surface area (Å²) in [5.74, 6) is -0.419. The highest BCUT2D eigenvalue weighted by Gasteiger charge is 2.14. The second-order valence-corrected chi connectivity index (χ2v) is 5.23. The second-order valence-electron chi connectivity index (χ2n) is 4.80. The molecule has 1 rings (SSSR count). The van der Waals surface area contributed by atoms with Crippen molar-refractivity contribution in [1.29, 1.82) is 0 Å². The number of hydrogen-bond donors (Lipinski definition) is 1. The molecule has 0 bridgehead atoms. The Kier molecular flexibility index (Phi) is 3.76. The standard InChI is InChI=1S/C13H16ClNO/c1-13(2,3)8-11(12(15)16)9-4-6-10(14)7-5-9/h4-8H,1-3H3,(H2,15,16). The summed E-state index contributed by atoms with van der Waals surface area (Å²) in [6, 6.07) is 7.09. The Labute approximate surface area is 101 Å². The minimum absolute atomic E-state index is 0.0933. The maximum Gasteiger partial charge on any atom is 0.249 e. The molecule has 0 heterocycles. The van der Waals surface area contributed by atoms with E-state index in [0.29, 0.717) is 10.6 Å². The van der Waals surface area contributed by atoms with Crippen LogP contribution in [0.5, 0.6) is 0 Å². The van der Waals surface area contributed by atoms with Crippen LogP contribution in [0.25, 0.3) is 5.57 Å². The number of halogens is 1. The summed E-state index contributed by atoms with van der Waals surface area (Å²) >= 11 is 5.79. The van der Waals surface area contributed by atoms with E-state index in [9.17, 15) is 4.79 Å². The van der Waals surface area contributed by atoms with Crippen molar-refractivity contribution in [2.24, 2.45) is 11.1 Å². The molecule has 0 spiro atoms. The van der Waals surface area contributed by atoms with Crippen molar-refractivity contribution < 1.29 is 4.79 Å². The Balaban J connectivity index is 3.19. The molecule has 3 heteroatoms. The summed E-state index contributed by atoms with van der Waals surface area (Å²) in [5, 5.41) is 0.642. The Morgan fingerprint density at radius 3 is 2.12 bits per heavy atom. The fraction of sp³-hybridized carbons (Fsp3) is 0.308. The van der Waals surface area contributed by atoms with E-state index in [1.807, 2.05) is 26.8 Å². The van der Waals surface area contributed by atoms with Crippen molar-refractivity contribution in [3.63, 3.8) is 0 Å². The van der Waals surface area contributed by atoms with E-state index < -0.39 is 5.91 Å². The Bertz CT molecular complexity index is 413. The van der Waals surface area contributed by atoms with Crippen molar-refractivity contribution in [1.82, 2.24) is 0 Å². The van der Waals surface area contributed by atoms with Gasteiger partial charge in [0.1, 0.15) is 0 Å². The van der Waals surface area contributed by atoms with E-state index in [1.165, 1.54) is 0 Å². The third kappa shape index (κ3) is 3.70. The Morgan fingerprint density at radius 1 is 1.25 bits per heavy atom. The van der Waals surface area contributed by atoms with Gasteiger partial charge in [-0.15, -0.1) is 0 Å². The van der Waals surface area contributed by atoms with Gasteiger partial charge < -0.3 is 5.73 Å². The molecular formula is C13H16ClNO. The zero-order chi connectivity index (χ0) is 12.3. The molecule has 0 saturated heterocycles. The molecule has 0 fully saturated rings. The lowest BCUT2D eigenvalue weighted by Gasteiger charge is -2.15. The van der Waals surface area contributed by atoms with Crippen LogP contribution in [-0.4, -0.2) is 5.91 Å². The van der Waals surface area contributed by atoms with Gasteiger partial charge in [-0.2, -0.15) is 0 Å². The smallest absolute Gasteiger partial charge is 0.249 e. The van der Waals surface area contributed by atoms with Crippen LogP contribution in [0.15, 0.2) is 30.3 Å². The first kappa shape index (κ1) is 12.8. The number of rotatable bonds is 2. The summed E-state index contributed by atoms with van der Waals surface area (Å²) < 4.78 is 0. The number of primary amides is 1. The quantitative estimate of drug-likeness (QED) is 0.789. The van der Waals surface area contributed by atoms with Gasteiger partial charge in [-0.05, 0) is 23.1 Å². The number of nitrogens with two attached hydrogens (primary N) is 1. The first-order valence-corrected chi connectivity index (χ1v) is 5.46. The highest BCUT2D eigenvalue weighted by atomic mass is 35.5. The molecule has 0 aliphatic heterocycles. The molecule has 1 aromatic rings. The molecule has 0 atom stereocenters. The van der Waals surface area contributed by atoms with Gasteiger partial charge in [0.25, 0.3) is 0 Å². The first-order valence-electron chi connectivity index (χ1n) is 5.08.